The average Bonchev–Trinajstić information content (AvgIpc) is 2.61. The van der Waals surface area contributed by atoms with Crippen molar-refractivity contribution in [1.29, 1.82) is 0 Å². The van der Waals surface area contributed by atoms with E-state index in [0.717, 1.165) is 10.9 Å². The summed E-state index contributed by atoms with van der Waals surface area (Å²) in [6.45, 7) is 1.76. The highest BCUT2D eigenvalue weighted by Crippen LogP contribution is 2.18. The lowest BCUT2D eigenvalue weighted by Crippen LogP contribution is -2.37. The number of amides is 1. The van der Waals surface area contributed by atoms with Crippen molar-refractivity contribution >= 4 is 39.9 Å². The van der Waals surface area contributed by atoms with Crippen molar-refractivity contribution in [3.8, 4) is 5.75 Å². The fourth-order valence-corrected chi connectivity index (χ4v) is 2.57. The number of rotatable bonds is 4. The van der Waals surface area contributed by atoms with Crippen LogP contribution in [0.4, 0.5) is 5.69 Å². The molecule has 0 atom stereocenters. The number of ether oxygens (including phenoxy) is 1. The fourth-order valence-electron chi connectivity index (χ4n) is 2.34. The molecule has 0 saturated heterocycles. The molecule has 0 aliphatic rings. The molecular weight excluding hydrogens is 352 g/mol. The van der Waals surface area contributed by atoms with E-state index in [4.69, 9.17) is 21.4 Å². The number of hydrogen-bond donors (Lipinski definition) is 2. The summed E-state index contributed by atoms with van der Waals surface area (Å²) in [5.41, 5.74) is 1.68. The van der Waals surface area contributed by atoms with E-state index in [-0.39, 0.29) is 17.6 Å². The van der Waals surface area contributed by atoms with Gasteiger partial charge >= 0.3 is 5.63 Å². The van der Waals surface area contributed by atoms with Crippen LogP contribution in [0.1, 0.15) is 5.56 Å². The van der Waals surface area contributed by atoms with E-state index in [1.807, 2.05) is 25.1 Å². The zero-order valence-electron chi connectivity index (χ0n) is 13.9. The van der Waals surface area contributed by atoms with Crippen LogP contribution >= 0.6 is 12.2 Å². The molecule has 132 valence electrons. The maximum absolute atomic E-state index is 12.0. The molecule has 2 N–H and O–H groups in total. The molecule has 7 heteroatoms. The van der Waals surface area contributed by atoms with E-state index in [1.165, 1.54) is 6.07 Å². The summed E-state index contributed by atoms with van der Waals surface area (Å²) in [5.74, 6) is 0.287. The molecule has 3 rings (SSSR count). The van der Waals surface area contributed by atoms with Crippen LogP contribution in [0.25, 0.3) is 11.0 Å². The lowest BCUT2D eigenvalue weighted by molar-refractivity contribution is -0.121. The monoisotopic (exact) mass is 368 g/mol. The lowest BCUT2D eigenvalue weighted by atomic mass is 10.2. The first-order valence-corrected chi connectivity index (χ1v) is 8.25. The first kappa shape index (κ1) is 17.6. The smallest absolute Gasteiger partial charge is 0.336 e. The molecule has 1 amide bonds. The Morgan fingerprint density at radius 3 is 2.77 bits per heavy atom. The molecule has 0 radical (unpaired) electrons. The highest BCUT2D eigenvalue weighted by molar-refractivity contribution is 7.80. The zero-order valence-corrected chi connectivity index (χ0v) is 14.8. The van der Waals surface area contributed by atoms with Crippen LogP contribution in [0.5, 0.6) is 5.75 Å². The Morgan fingerprint density at radius 2 is 1.96 bits per heavy atom. The highest BCUT2D eigenvalue weighted by Gasteiger charge is 2.08. The van der Waals surface area contributed by atoms with Crippen molar-refractivity contribution in [2.75, 3.05) is 11.9 Å². The summed E-state index contributed by atoms with van der Waals surface area (Å²) in [4.78, 5) is 23.2. The second kappa shape index (κ2) is 7.79. The summed E-state index contributed by atoms with van der Waals surface area (Å²) in [6, 6.07) is 15.6. The van der Waals surface area contributed by atoms with Crippen LogP contribution in [0, 0.1) is 6.92 Å². The number of para-hydroxylation sites is 1. The molecule has 0 bridgehead atoms. The largest absolute Gasteiger partial charge is 0.483 e. The molecule has 0 aliphatic carbocycles. The molecule has 0 fully saturated rings. The van der Waals surface area contributed by atoms with Gasteiger partial charge < -0.3 is 14.5 Å². The predicted octanol–water partition coefficient (Wildman–Crippen LogP) is 2.99. The second-order valence-electron chi connectivity index (χ2n) is 5.56. The van der Waals surface area contributed by atoms with Gasteiger partial charge in [0.15, 0.2) is 11.7 Å². The van der Waals surface area contributed by atoms with Crippen LogP contribution in [-0.4, -0.2) is 17.6 Å². The molecule has 0 unspecified atom stereocenters. The van der Waals surface area contributed by atoms with Gasteiger partial charge in [0, 0.05) is 17.1 Å². The van der Waals surface area contributed by atoms with E-state index >= 15 is 0 Å². The number of benzene rings is 2. The van der Waals surface area contributed by atoms with Crippen LogP contribution in [-0.2, 0) is 4.79 Å². The van der Waals surface area contributed by atoms with Gasteiger partial charge in [-0.25, -0.2) is 4.79 Å². The summed E-state index contributed by atoms with van der Waals surface area (Å²) in [5, 5.41) is 6.37. The van der Waals surface area contributed by atoms with Gasteiger partial charge in [-0.2, -0.15) is 0 Å². The molecule has 0 saturated carbocycles. The number of carbonyl (C=O) groups excluding carboxylic acids is 1. The number of aryl methyl sites for hydroxylation is 1. The Balaban J connectivity index is 1.56. The van der Waals surface area contributed by atoms with Crippen LogP contribution < -0.4 is 21.0 Å². The molecule has 26 heavy (non-hydrogen) atoms. The molecule has 2 aromatic carbocycles. The first-order chi connectivity index (χ1) is 12.5. The van der Waals surface area contributed by atoms with E-state index in [9.17, 15) is 9.59 Å². The maximum Gasteiger partial charge on any atom is 0.336 e. The minimum absolute atomic E-state index is 0.143. The fraction of sp³-hybridized carbons (Fsp3) is 0.105. The molecule has 1 aromatic heterocycles. The van der Waals surface area contributed by atoms with Gasteiger partial charge in [0.25, 0.3) is 5.91 Å². The maximum atomic E-state index is 12.0. The third-order valence-electron chi connectivity index (χ3n) is 3.58. The second-order valence-corrected chi connectivity index (χ2v) is 5.97. The number of hydrogen-bond acceptors (Lipinski definition) is 5. The van der Waals surface area contributed by atoms with Crippen LogP contribution in [0.3, 0.4) is 0 Å². The first-order valence-electron chi connectivity index (χ1n) is 7.84. The predicted molar refractivity (Wildman–Crippen MR) is 104 cm³/mol. The normalized spacial score (nSPS) is 10.3. The van der Waals surface area contributed by atoms with Crippen molar-refractivity contribution in [2.45, 2.75) is 6.92 Å². The van der Waals surface area contributed by atoms with E-state index in [1.54, 1.807) is 30.3 Å². The van der Waals surface area contributed by atoms with Crippen molar-refractivity contribution < 1.29 is 13.9 Å². The number of fused-ring (bicyclic) bond motifs is 1. The van der Waals surface area contributed by atoms with Gasteiger partial charge in [-0.15, -0.1) is 0 Å². The molecule has 3 aromatic rings. The SMILES string of the molecule is Cc1ccccc1OCC(=O)NC(=S)Nc1ccc2oc(=O)ccc2c1. The Labute approximate surface area is 154 Å². The summed E-state index contributed by atoms with van der Waals surface area (Å²) >= 11 is 5.14. The molecule has 0 aliphatic heterocycles. The van der Waals surface area contributed by atoms with Gasteiger partial charge in [0.05, 0.1) is 0 Å². The number of carbonyl (C=O) groups is 1. The third-order valence-corrected chi connectivity index (χ3v) is 3.79. The van der Waals surface area contributed by atoms with Crippen molar-refractivity contribution in [3.05, 3.63) is 70.6 Å². The van der Waals surface area contributed by atoms with Crippen molar-refractivity contribution in [1.82, 2.24) is 5.32 Å². The topological polar surface area (TPSA) is 80.6 Å². The minimum atomic E-state index is -0.408. The Hall–Kier alpha value is -3.19. The van der Waals surface area contributed by atoms with Crippen LogP contribution in [0.15, 0.2) is 63.8 Å². The number of anilines is 1. The molecule has 6 nitrogen and oxygen atoms in total. The van der Waals surface area contributed by atoms with Crippen molar-refractivity contribution in [2.24, 2.45) is 0 Å². The Kier molecular flexibility index (Phi) is 5.28. The number of thiocarbonyl (C=S) groups is 1. The minimum Gasteiger partial charge on any atom is -0.483 e. The van der Waals surface area contributed by atoms with Gasteiger partial charge in [-0.1, -0.05) is 18.2 Å². The Morgan fingerprint density at radius 1 is 1.15 bits per heavy atom. The van der Waals surface area contributed by atoms with Gasteiger partial charge in [0.1, 0.15) is 11.3 Å². The van der Waals surface area contributed by atoms with E-state index < -0.39 is 5.63 Å². The Bertz CT molecular complexity index is 1030. The lowest BCUT2D eigenvalue weighted by Gasteiger charge is -2.11. The summed E-state index contributed by atoms with van der Waals surface area (Å²) in [6.07, 6.45) is 0. The highest BCUT2D eigenvalue weighted by atomic mass is 32.1. The molecule has 1 heterocycles. The summed E-state index contributed by atoms with van der Waals surface area (Å²) < 4.78 is 10.5. The van der Waals surface area contributed by atoms with Gasteiger partial charge in [0.2, 0.25) is 0 Å². The van der Waals surface area contributed by atoms with E-state index in [2.05, 4.69) is 10.6 Å². The van der Waals surface area contributed by atoms with E-state index in [0.29, 0.717) is 17.0 Å². The average molecular weight is 368 g/mol. The standard InChI is InChI=1S/C19H16N2O4S/c1-12-4-2-3-5-15(12)24-11-17(22)21-19(26)20-14-7-8-16-13(10-14)6-9-18(23)25-16/h2-10H,11H2,1H3,(H2,20,21,22,26). The van der Waals surface area contributed by atoms with Gasteiger partial charge in [-0.05, 0) is 55.0 Å². The summed E-state index contributed by atoms with van der Waals surface area (Å²) in [7, 11) is 0. The third kappa shape index (κ3) is 4.46. The zero-order chi connectivity index (χ0) is 18.5. The molecule has 0 spiro atoms. The van der Waals surface area contributed by atoms with Crippen molar-refractivity contribution in [3.63, 3.8) is 0 Å². The molecular formula is C19H16N2O4S. The van der Waals surface area contributed by atoms with Crippen LogP contribution in [0.2, 0.25) is 0 Å². The quantitative estimate of drug-likeness (QED) is 0.544. The van der Waals surface area contributed by atoms with Gasteiger partial charge in [-0.3, -0.25) is 10.1 Å². The number of nitrogens with one attached hydrogen (secondary N) is 2.